The number of halogens is 5. The third kappa shape index (κ3) is 4.95. The third-order valence-corrected chi connectivity index (χ3v) is 6.69. The fraction of sp³-hybridized carbons (Fsp3) is 0.400. The van der Waals surface area contributed by atoms with Crippen molar-refractivity contribution in [1.82, 2.24) is 9.97 Å². The van der Waals surface area contributed by atoms with E-state index in [4.69, 9.17) is 19.9 Å². The zero-order valence-electron chi connectivity index (χ0n) is 20.3. The maximum Gasteiger partial charge on any atom is 0.417 e. The molecule has 8 nitrogen and oxygen atoms in total. The Balaban J connectivity index is 1.89. The number of aromatic amines is 1. The molecule has 0 unspecified atom stereocenters. The van der Waals surface area contributed by atoms with Crippen molar-refractivity contribution in [1.29, 1.82) is 0 Å². The van der Waals surface area contributed by atoms with Gasteiger partial charge in [-0.1, -0.05) is 6.07 Å². The summed E-state index contributed by atoms with van der Waals surface area (Å²) in [5.74, 6) is -6.16. The number of nitrogens with one attached hydrogen (secondary N) is 1. The number of pyridine rings is 2. The first-order valence-corrected chi connectivity index (χ1v) is 11.5. The number of hydrogen-bond acceptors (Lipinski definition) is 6. The highest BCUT2D eigenvalue weighted by atomic mass is 19.4. The van der Waals surface area contributed by atoms with Crippen molar-refractivity contribution in [3.8, 4) is 5.75 Å². The van der Waals surface area contributed by atoms with Crippen molar-refractivity contribution in [2.24, 2.45) is 5.73 Å². The molecule has 0 radical (unpaired) electrons. The average molecular weight is 541 g/mol. The van der Waals surface area contributed by atoms with Gasteiger partial charge in [0.05, 0.1) is 24.1 Å². The summed E-state index contributed by atoms with van der Waals surface area (Å²) in [5, 5.41) is -0.0893. The van der Waals surface area contributed by atoms with Gasteiger partial charge in [0.25, 0.3) is 5.91 Å². The van der Waals surface area contributed by atoms with Gasteiger partial charge in [-0.05, 0) is 25.5 Å². The summed E-state index contributed by atoms with van der Waals surface area (Å²) >= 11 is 0. The van der Waals surface area contributed by atoms with E-state index in [2.05, 4.69) is 9.97 Å². The highest BCUT2D eigenvalue weighted by molar-refractivity contribution is 6.03. The number of hydrogen-bond donors (Lipinski definition) is 2. The maximum absolute atomic E-state index is 14.9. The molecule has 1 amide bonds. The third-order valence-electron chi connectivity index (χ3n) is 6.69. The van der Waals surface area contributed by atoms with Gasteiger partial charge in [0, 0.05) is 42.5 Å². The largest absolute Gasteiger partial charge is 0.488 e. The molecular formula is C25H24F5N3O5. The van der Waals surface area contributed by atoms with Gasteiger partial charge in [0.1, 0.15) is 12.3 Å². The Hall–Kier alpha value is -3.58. The van der Waals surface area contributed by atoms with E-state index in [-0.39, 0.29) is 41.1 Å². The summed E-state index contributed by atoms with van der Waals surface area (Å²) in [6, 6.07) is 4.48. The minimum Gasteiger partial charge on any atom is -0.488 e. The Labute approximate surface area is 212 Å². The van der Waals surface area contributed by atoms with Crippen LogP contribution in [-0.2, 0) is 9.47 Å². The Morgan fingerprint density at radius 3 is 2.63 bits per heavy atom. The van der Waals surface area contributed by atoms with Crippen LogP contribution in [-0.4, -0.2) is 54.6 Å². The molecule has 38 heavy (non-hydrogen) atoms. The molecule has 1 fully saturated rings. The molecule has 3 aromatic rings. The smallest absolute Gasteiger partial charge is 0.417 e. The molecule has 4 rings (SSSR count). The van der Waals surface area contributed by atoms with Crippen LogP contribution < -0.4 is 15.9 Å². The fourth-order valence-electron chi connectivity index (χ4n) is 4.66. The van der Waals surface area contributed by atoms with Crippen LogP contribution in [0, 0.1) is 11.6 Å². The van der Waals surface area contributed by atoms with E-state index in [0.717, 1.165) is 25.1 Å². The number of benzene rings is 1. The Morgan fingerprint density at radius 2 is 1.97 bits per heavy atom. The lowest BCUT2D eigenvalue weighted by Crippen LogP contribution is -2.51. The number of carbonyl (C=O) groups excluding carboxylic acids is 1. The molecule has 1 aromatic carbocycles. The second-order valence-corrected chi connectivity index (χ2v) is 9.11. The molecule has 3 heterocycles. The van der Waals surface area contributed by atoms with Gasteiger partial charge in [-0.2, -0.15) is 17.6 Å². The van der Waals surface area contributed by atoms with Crippen LogP contribution >= 0.6 is 0 Å². The summed E-state index contributed by atoms with van der Waals surface area (Å²) in [5.41, 5.74) is 2.07. The number of nitrogens with two attached hydrogens (primary N) is 1. The number of methoxy groups -OCH3 is 1. The van der Waals surface area contributed by atoms with E-state index < -0.39 is 65.4 Å². The monoisotopic (exact) mass is 541 g/mol. The van der Waals surface area contributed by atoms with Crippen LogP contribution in [0.4, 0.5) is 22.0 Å². The minimum atomic E-state index is -4.79. The van der Waals surface area contributed by atoms with Gasteiger partial charge in [0.2, 0.25) is 5.82 Å². The highest BCUT2D eigenvalue weighted by Gasteiger charge is 2.57. The summed E-state index contributed by atoms with van der Waals surface area (Å²) in [6.45, 7) is 0.174. The number of ether oxygens (including phenoxy) is 3. The van der Waals surface area contributed by atoms with Gasteiger partial charge >= 0.3 is 6.18 Å². The molecule has 1 aliphatic heterocycles. The molecule has 0 aliphatic carbocycles. The van der Waals surface area contributed by atoms with Crippen LogP contribution in [0.1, 0.15) is 46.9 Å². The lowest BCUT2D eigenvalue weighted by Gasteiger charge is -2.44. The Bertz CT molecular complexity index is 1430. The van der Waals surface area contributed by atoms with Gasteiger partial charge in [-0.3, -0.25) is 14.6 Å². The number of aromatic nitrogens is 2. The second-order valence-electron chi connectivity index (χ2n) is 9.11. The van der Waals surface area contributed by atoms with Crippen LogP contribution in [0.25, 0.3) is 10.9 Å². The van der Waals surface area contributed by atoms with Crippen molar-refractivity contribution in [2.45, 2.75) is 37.0 Å². The minimum absolute atomic E-state index is 0.0150. The lowest BCUT2D eigenvalue weighted by atomic mass is 9.74. The number of primary amides is 1. The summed E-state index contributed by atoms with van der Waals surface area (Å²) in [6.07, 6.45) is -4.23. The van der Waals surface area contributed by atoms with Crippen LogP contribution in [0.5, 0.6) is 5.75 Å². The van der Waals surface area contributed by atoms with Crippen molar-refractivity contribution < 1.29 is 41.0 Å². The van der Waals surface area contributed by atoms with Crippen molar-refractivity contribution >= 4 is 16.8 Å². The Kier molecular flexibility index (Phi) is 7.44. The van der Waals surface area contributed by atoms with Crippen molar-refractivity contribution in [3.05, 3.63) is 69.3 Å². The van der Waals surface area contributed by atoms with E-state index >= 15 is 0 Å². The lowest BCUT2D eigenvalue weighted by molar-refractivity contribution is -0.286. The van der Waals surface area contributed by atoms with E-state index in [1.54, 1.807) is 0 Å². The molecule has 13 heteroatoms. The predicted octanol–water partition coefficient (Wildman–Crippen LogP) is 3.93. The van der Waals surface area contributed by atoms with E-state index in [0.29, 0.717) is 0 Å². The molecule has 0 saturated carbocycles. The zero-order chi connectivity index (χ0) is 27.8. The van der Waals surface area contributed by atoms with Crippen molar-refractivity contribution in [2.75, 3.05) is 26.9 Å². The van der Waals surface area contributed by atoms with E-state index in [9.17, 15) is 31.5 Å². The molecule has 3 N–H and O–H groups in total. The molecule has 2 aromatic heterocycles. The summed E-state index contributed by atoms with van der Waals surface area (Å²) in [4.78, 5) is 31.5. The van der Waals surface area contributed by atoms with Crippen LogP contribution in [0.3, 0.4) is 0 Å². The quantitative estimate of drug-likeness (QED) is 0.346. The normalized spacial score (nSPS) is 22.0. The van der Waals surface area contributed by atoms with Gasteiger partial charge in [-0.25, -0.2) is 4.39 Å². The molecular weight excluding hydrogens is 517 g/mol. The topological polar surface area (TPSA) is 117 Å². The summed E-state index contributed by atoms with van der Waals surface area (Å²) < 4.78 is 86.7. The van der Waals surface area contributed by atoms with E-state index in [1.165, 1.54) is 19.4 Å². The first-order chi connectivity index (χ1) is 17.9. The van der Waals surface area contributed by atoms with Gasteiger partial charge in [0.15, 0.2) is 22.6 Å². The number of alkyl halides is 3. The number of nitrogens with zero attached hydrogens (tertiary/aromatic N) is 1. The van der Waals surface area contributed by atoms with Gasteiger partial charge in [-0.15, -0.1) is 0 Å². The molecule has 204 valence electrons. The maximum atomic E-state index is 14.9. The molecule has 1 saturated heterocycles. The van der Waals surface area contributed by atoms with Crippen molar-refractivity contribution in [3.63, 3.8) is 0 Å². The number of amides is 1. The highest BCUT2D eigenvalue weighted by Crippen LogP contribution is 2.51. The molecule has 0 spiro atoms. The van der Waals surface area contributed by atoms with E-state index in [1.807, 2.05) is 0 Å². The number of fused-ring (bicyclic) bond motifs is 1. The standard InChI is InChI=1S/C25H24F5N3O5/c1-24(25(28,29)30)10-13(12-3-4-15(26)20(27)22(12)37-8-7-36-2)14(11-38-24)17-9-18(34)19-16(33-17)5-6-32-21(19)23(31)35/h3-6,9,13-14H,7-8,10-11H2,1-2H3,(H2,31,35)(H,33,34)/t13-,14+,24+/m0/s1. The first kappa shape index (κ1) is 27.5. The fourth-order valence-corrected chi connectivity index (χ4v) is 4.66. The first-order valence-electron chi connectivity index (χ1n) is 11.5. The van der Waals surface area contributed by atoms with Crippen LogP contribution in [0.15, 0.2) is 35.3 Å². The molecule has 1 aliphatic rings. The number of H-pyrrole nitrogens is 1. The average Bonchev–Trinajstić information content (AvgIpc) is 2.85. The predicted molar refractivity (Wildman–Crippen MR) is 125 cm³/mol. The number of carbonyl (C=O) groups is 1. The van der Waals surface area contributed by atoms with Crippen LogP contribution in [0.2, 0.25) is 0 Å². The number of rotatable bonds is 7. The zero-order valence-corrected chi connectivity index (χ0v) is 20.3. The molecule has 0 bridgehead atoms. The molecule has 3 atom stereocenters. The SMILES string of the molecule is COCCOc1c([C@@H]2C[C@](C)(C(F)(F)F)OC[C@H]2c2cc(=O)c3c(C(N)=O)nccc3[nH]2)ccc(F)c1F. The Morgan fingerprint density at radius 1 is 1.24 bits per heavy atom. The second kappa shape index (κ2) is 10.3. The summed E-state index contributed by atoms with van der Waals surface area (Å²) in [7, 11) is 1.37. The van der Waals surface area contributed by atoms with Gasteiger partial charge < -0.3 is 24.9 Å².